The molecular formula is C23H29NO6S. The van der Waals surface area contributed by atoms with E-state index in [1.54, 1.807) is 6.07 Å². The van der Waals surface area contributed by atoms with Gasteiger partial charge in [-0.25, -0.2) is 13.2 Å². The van der Waals surface area contributed by atoms with E-state index in [2.05, 4.69) is 9.46 Å². The number of nitrogens with one attached hydrogen (secondary N) is 1. The van der Waals surface area contributed by atoms with Crippen LogP contribution in [-0.2, 0) is 21.2 Å². The van der Waals surface area contributed by atoms with Crippen molar-refractivity contribution in [2.24, 2.45) is 0 Å². The number of phenolic OH excluding ortho intramolecular Hbond substituents is 1. The zero-order valence-electron chi connectivity index (χ0n) is 17.8. The van der Waals surface area contributed by atoms with Crippen molar-refractivity contribution in [3.05, 3.63) is 53.1 Å². The lowest BCUT2D eigenvalue weighted by atomic mass is 9.79. The summed E-state index contributed by atoms with van der Waals surface area (Å²) in [6, 6.07) is 9.21. The van der Waals surface area contributed by atoms with Crippen LogP contribution in [-0.4, -0.2) is 37.8 Å². The number of rotatable bonds is 9. The Bertz CT molecular complexity index is 1050. The van der Waals surface area contributed by atoms with Gasteiger partial charge in [-0.1, -0.05) is 25.5 Å². The van der Waals surface area contributed by atoms with E-state index >= 15 is 0 Å². The van der Waals surface area contributed by atoms with Gasteiger partial charge in [-0.15, -0.1) is 0 Å². The molecular weight excluding hydrogens is 418 g/mol. The number of hydrogen-bond acceptors (Lipinski definition) is 6. The number of benzene rings is 2. The molecule has 0 radical (unpaired) electrons. The van der Waals surface area contributed by atoms with Crippen LogP contribution in [0.4, 0.5) is 5.69 Å². The quantitative estimate of drug-likeness (QED) is 0.502. The molecule has 1 saturated carbocycles. The molecule has 1 aliphatic carbocycles. The Balaban J connectivity index is 1.91. The molecule has 8 heteroatoms. The summed E-state index contributed by atoms with van der Waals surface area (Å²) >= 11 is 0. The monoisotopic (exact) mass is 447 g/mol. The summed E-state index contributed by atoms with van der Waals surface area (Å²) in [5.74, 6) is -0.682. The van der Waals surface area contributed by atoms with E-state index in [0.29, 0.717) is 30.9 Å². The fourth-order valence-electron chi connectivity index (χ4n) is 3.60. The van der Waals surface area contributed by atoms with E-state index in [0.717, 1.165) is 37.6 Å². The van der Waals surface area contributed by atoms with Gasteiger partial charge in [0.2, 0.25) is 0 Å². The molecule has 1 atom stereocenters. The molecule has 7 nitrogen and oxygen atoms in total. The van der Waals surface area contributed by atoms with Gasteiger partial charge in [-0.05, 0) is 73.4 Å². The highest BCUT2D eigenvalue weighted by molar-refractivity contribution is 7.92. The van der Waals surface area contributed by atoms with Crippen LogP contribution in [0, 0.1) is 0 Å². The predicted molar refractivity (Wildman–Crippen MR) is 118 cm³/mol. The maximum absolute atomic E-state index is 13.0. The predicted octanol–water partition coefficient (Wildman–Crippen LogP) is 3.95. The number of hydrogen-bond donors (Lipinski definition) is 3. The number of methoxy groups -OCH3 is 1. The normalized spacial score (nSPS) is 15.2. The molecule has 2 aromatic carbocycles. The summed E-state index contributed by atoms with van der Waals surface area (Å²) in [5.41, 5.74) is 2.23. The standard InChI is InChI=1S/C23H29NO6S/c1-3-18(25)9-7-17-13-16(15-5-4-6-15)8-11-21(17)24-31(28,29)19-10-12-22(26)20(14-19)23(27)30-2/h8,10-15,18,24-26H,3-7,9H2,1-2H3. The second kappa shape index (κ2) is 9.70. The second-order valence-corrected chi connectivity index (χ2v) is 9.60. The molecule has 0 heterocycles. The molecule has 31 heavy (non-hydrogen) atoms. The Kier molecular flexibility index (Phi) is 7.23. The highest BCUT2D eigenvalue weighted by atomic mass is 32.2. The molecule has 1 unspecified atom stereocenters. The van der Waals surface area contributed by atoms with Crippen LogP contribution in [0.3, 0.4) is 0 Å². The maximum Gasteiger partial charge on any atom is 0.341 e. The summed E-state index contributed by atoms with van der Waals surface area (Å²) in [4.78, 5) is 11.7. The van der Waals surface area contributed by atoms with Crippen LogP contribution in [0.15, 0.2) is 41.3 Å². The lowest BCUT2D eigenvalue weighted by molar-refractivity contribution is 0.0597. The number of carbonyl (C=O) groups is 1. The molecule has 168 valence electrons. The van der Waals surface area contributed by atoms with Crippen molar-refractivity contribution in [3.8, 4) is 5.75 Å². The Hall–Kier alpha value is -2.58. The van der Waals surface area contributed by atoms with Crippen molar-refractivity contribution in [2.45, 2.75) is 62.4 Å². The SMILES string of the molecule is CCC(O)CCc1cc(C2CCC2)ccc1NS(=O)(=O)c1ccc(O)c(C(=O)OC)c1. The minimum absolute atomic E-state index is 0.159. The number of anilines is 1. The number of aliphatic hydroxyl groups is 1. The van der Waals surface area contributed by atoms with Gasteiger partial charge in [0.1, 0.15) is 11.3 Å². The first kappa shape index (κ1) is 23.1. The van der Waals surface area contributed by atoms with Crippen LogP contribution in [0.1, 0.15) is 66.4 Å². The summed E-state index contributed by atoms with van der Waals surface area (Å²) in [6.07, 6.45) is 4.72. The molecule has 2 aromatic rings. The number of carbonyl (C=O) groups excluding carboxylic acids is 1. The van der Waals surface area contributed by atoms with Crippen LogP contribution in [0.5, 0.6) is 5.75 Å². The average molecular weight is 448 g/mol. The number of aliphatic hydroxyl groups excluding tert-OH is 1. The Morgan fingerprint density at radius 1 is 1.23 bits per heavy atom. The average Bonchev–Trinajstić information content (AvgIpc) is 2.71. The number of sulfonamides is 1. The fourth-order valence-corrected chi connectivity index (χ4v) is 4.73. The van der Waals surface area contributed by atoms with Gasteiger partial charge in [0.05, 0.1) is 23.8 Å². The smallest absolute Gasteiger partial charge is 0.341 e. The lowest BCUT2D eigenvalue weighted by Crippen LogP contribution is -2.17. The highest BCUT2D eigenvalue weighted by Crippen LogP contribution is 2.38. The molecule has 0 bridgehead atoms. The number of phenols is 1. The summed E-state index contributed by atoms with van der Waals surface area (Å²) in [7, 11) is -2.86. The molecule has 1 aliphatic rings. The van der Waals surface area contributed by atoms with Gasteiger partial charge in [0.15, 0.2) is 0 Å². The van der Waals surface area contributed by atoms with Gasteiger partial charge in [0, 0.05) is 0 Å². The zero-order valence-corrected chi connectivity index (χ0v) is 18.6. The van der Waals surface area contributed by atoms with E-state index in [-0.39, 0.29) is 16.2 Å². The number of esters is 1. The summed E-state index contributed by atoms with van der Waals surface area (Å²) in [6.45, 7) is 1.91. The van der Waals surface area contributed by atoms with Gasteiger partial charge in [0.25, 0.3) is 10.0 Å². The van der Waals surface area contributed by atoms with Crippen molar-refractivity contribution < 1.29 is 28.2 Å². The maximum atomic E-state index is 13.0. The fraction of sp³-hybridized carbons (Fsp3) is 0.435. The largest absolute Gasteiger partial charge is 0.507 e. The van der Waals surface area contributed by atoms with Gasteiger partial charge >= 0.3 is 5.97 Å². The van der Waals surface area contributed by atoms with Gasteiger partial charge < -0.3 is 14.9 Å². The summed E-state index contributed by atoms with van der Waals surface area (Å²) < 4.78 is 33.2. The molecule has 0 saturated heterocycles. The molecule has 3 N–H and O–H groups in total. The van der Waals surface area contributed by atoms with E-state index in [1.807, 2.05) is 19.1 Å². The zero-order chi connectivity index (χ0) is 22.6. The third-order valence-corrected chi connectivity index (χ3v) is 7.22. The Morgan fingerprint density at radius 2 is 1.97 bits per heavy atom. The van der Waals surface area contributed by atoms with Crippen molar-refractivity contribution in [2.75, 3.05) is 11.8 Å². The number of ether oxygens (including phenoxy) is 1. The van der Waals surface area contributed by atoms with Crippen LogP contribution < -0.4 is 4.72 Å². The van der Waals surface area contributed by atoms with Crippen molar-refractivity contribution in [3.63, 3.8) is 0 Å². The third-order valence-electron chi connectivity index (χ3n) is 5.85. The third kappa shape index (κ3) is 5.37. The van der Waals surface area contributed by atoms with Gasteiger partial charge in [-0.3, -0.25) is 4.72 Å². The van der Waals surface area contributed by atoms with E-state index in [4.69, 9.17) is 0 Å². The number of aryl methyl sites for hydroxylation is 1. The molecule has 3 rings (SSSR count). The Labute approximate surface area is 183 Å². The molecule has 0 aliphatic heterocycles. The van der Waals surface area contributed by atoms with Gasteiger partial charge in [-0.2, -0.15) is 0 Å². The number of aromatic hydroxyl groups is 1. The van der Waals surface area contributed by atoms with Crippen LogP contribution >= 0.6 is 0 Å². The first-order valence-corrected chi connectivity index (χ1v) is 12.0. The molecule has 0 spiro atoms. The van der Waals surface area contributed by atoms with E-state index in [9.17, 15) is 23.4 Å². The second-order valence-electron chi connectivity index (χ2n) is 7.92. The topological polar surface area (TPSA) is 113 Å². The molecule has 1 fully saturated rings. The minimum atomic E-state index is -4.02. The summed E-state index contributed by atoms with van der Waals surface area (Å²) in [5, 5.41) is 19.8. The highest BCUT2D eigenvalue weighted by Gasteiger charge is 2.23. The van der Waals surface area contributed by atoms with Crippen molar-refractivity contribution in [1.82, 2.24) is 0 Å². The van der Waals surface area contributed by atoms with E-state index < -0.39 is 22.1 Å². The van der Waals surface area contributed by atoms with Crippen LogP contribution in [0.25, 0.3) is 0 Å². The minimum Gasteiger partial charge on any atom is -0.507 e. The first-order valence-electron chi connectivity index (χ1n) is 10.5. The lowest BCUT2D eigenvalue weighted by Gasteiger charge is -2.27. The molecule has 0 aromatic heterocycles. The van der Waals surface area contributed by atoms with Crippen molar-refractivity contribution in [1.29, 1.82) is 0 Å². The first-order chi connectivity index (χ1) is 14.7. The molecule has 0 amide bonds. The van der Waals surface area contributed by atoms with E-state index in [1.165, 1.54) is 18.1 Å². The Morgan fingerprint density at radius 3 is 2.58 bits per heavy atom. The van der Waals surface area contributed by atoms with Crippen molar-refractivity contribution >= 4 is 21.7 Å². The van der Waals surface area contributed by atoms with Crippen LogP contribution in [0.2, 0.25) is 0 Å².